The standard InChI is InChI=1S/C81H149NO10/c1-3-5-7-9-11-13-15-16-42-46-49-53-57-61-65-69-77(86)90-70-66-62-58-54-50-47-44-41-39-37-35-33-31-29-27-25-23-21-19-17-18-20-22-24-26-28-30-32-34-36-38-40-43-45-48-52-56-60-64-68-76(85)82-73(72-91-81-80(89)79(88)78(87)75(71-83)92-81)74(84)67-63-59-55-51-14-12-10-8-6-4-2/h14,16-18,21,23,42,51,63,67,73-75,78-81,83-84,87-89H,3-13,15,19-20,22,24-41,43-50,52-62,64-66,68-72H2,1-2H3,(H,82,85)/b18-17-,23-21-,42-16-,51-14+,67-63+. The van der Waals surface area contributed by atoms with E-state index in [2.05, 4.69) is 67.8 Å². The molecule has 1 saturated heterocycles. The molecule has 92 heavy (non-hydrogen) atoms. The predicted molar refractivity (Wildman–Crippen MR) is 389 cm³/mol. The van der Waals surface area contributed by atoms with Crippen LogP contribution in [0.3, 0.4) is 0 Å². The first-order valence-electron chi connectivity index (χ1n) is 39.6. The van der Waals surface area contributed by atoms with Crippen molar-refractivity contribution in [2.45, 2.75) is 423 Å². The highest BCUT2D eigenvalue weighted by Crippen LogP contribution is 2.24. The first kappa shape index (κ1) is 87.4. The fourth-order valence-corrected chi connectivity index (χ4v) is 12.4. The summed E-state index contributed by atoms with van der Waals surface area (Å²) >= 11 is 0. The first-order valence-corrected chi connectivity index (χ1v) is 39.6. The Balaban J connectivity index is 1.88. The molecule has 6 N–H and O–H groups in total. The van der Waals surface area contributed by atoms with Crippen LogP contribution in [0.5, 0.6) is 0 Å². The Morgan fingerprint density at radius 2 is 0.739 bits per heavy atom. The number of rotatable bonds is 70. The SMILES string of the molecule is CCCCCC/C=C/CC/C=C/C(O)C(COC1OC(CO)C(O)C(O)C1O)NC(=O)CCCCCCCCCCCCCCCCCCC/C=C\C/C=C\CCCCCCCCCCCCCCCCCOC(=O)CCCCCCC/C=C\CCCCCCCC. The topological polar surface area (TPSA) is 175 Å². The maximum atomic E-state index is 13.0. The van der Waals surface area contributed by atoms with Crippen molar-refractivity contribution in [3.63, 3.8) is 0 Å². The molecular weight excluding hydrogens is 1150 g/mol. The average molecular weight is 1300 g/mol. The largest absolute Gasteiger partial charge is 0.466 e. The van der Waals surface area contributed by atoms with Crippen molar-refractivity contribution in [3.05, 3.63) is 60.8 Å². The minimum Gasteiger partial charge on any atom is -0.466 e. The van der Waals surface area contributed by atoms with Gasteiger partial charge in [0.05, 0.1) is 32.0 Å². The number of allylic oxidation sites excluding steroid dienone is 9. The second-order valence-corrected chi connectivity index (χ2v) is 27.4. The zero-order valence-corrected chi connectivity index (χ0v) is 60.0. The van der Waals surface area contributed by atoms with Crippen molar-refractivity contribution in [2.24, 2.45) is 0 Å². The molecule has 1 aliphatic heterocycles. The van der Waals surface area contributed by atoms with E-state index in [0.717, 1.165) is 64.2 Å². The Hall–Kier alpha value is -2.64. The third kappa shape index (κ3) is 57.6. The van der Waals surface area contributed by atoms with Crippen molar-refractivity contribution < 1.29 is 49.3 Å². The highest BCUT2D eigenvalue weighted by Gasteiger charge is 2.44. The summed E-state index contributed by atoms with van der Waals surface area (Å²) in [6.45, 7) is 4.32. The lowest BCUT2D eigenvalue weighted by atomic mass is 9.99. The van der Waals surface area contributed by atoms with Crippen LogP contribution in [0, 0.1) is 0 Å². The number of aliphatic hydroxyl groups excluding tert-OH is 5. The Morgan fingerprint density at radius 3 is 1.15 bits per heavy atom. The fourth-order valence-electron chi connectivity index (χ4n) is 12.4. The molecule has 1 amide bonds. The summed E-state index contributed by atoms with van der Waals surface area (Å²) in [6, 6.07) is -0.825. The van der Waals surface area contributed by atoms with Crippen molar-refractivity contribution in [3.8, 4) is 0 Å². The van der Waals surface area contributed by atoms with E-state index in [1.54, 1.807) is 6.08 Å². The van der Waals surface area contributed by atoms with Crippen LogP contribution < -0.4 is 5.32 Å². The Bertz CT molecular complexity index is 1710. The van der Waals surface area contributed by atoms with Crippen molar-refractivity contribution in [2.75, 3.05) is 19.8 Å². The van der Waals surface area contributed by atoms with E-state index in [0.29, 0.717) is 19.4 Å². The highest BCUT2D eigenvalue weighted by atomic mass is 16.7. The van der Waals surface area contributed by atoms with E-state index in [-0.39, 0.29) is 18.5 Å². The Kier molecular flexibility index (Phi) is 66.2. The maximum absolute atomic E-state index is 13.0. The molecule has 0 saturated carbocycles. The molecule has 7 atom stereocenters. The molecule has 11 nitrogen and oxygen atoms in total. The zero-order chi connectivity index (χ0) is 66.5. The van der Waals surface area contributed by atoms with E-state index < -0.39 is 49.5 Å². The highest BCUT2D eigenvalue weighted by molar-refractivity contribution is 5.76. The summed E-state index contributed by atoms with van der Waals surface area (Å²) in [7, 11) is 0. The van der Waals surface area contributed by atoms with Crippen molar-refractivity contribution >= 4 is 11.9 Å². The van der Waals surface area contributed by atoms with Crippen LogP contribution in [0.15, 0.2) is 60.8 Å². The minimum atomic E-state index is -1.58. The number of aliphatic hydroxyl groups is 5. The number of carbonyl (C=O) groups excluding carboxylic acids is 2. The molecule has 7 unspecified atom stereocenters. The van der Waals surface area contributed by atoms with Gasteiger partial charge in [0.1, 0.15) is 24.4 Å². The molecule has 0 aromatic carbocycles. The number of carbonyl (C=O) groups is 2. The summed E-state index contributed by atoms with van der Waals surface area (Å²) in [6.07, 6.45) is 84.2. The normalized spacial score (nSPS) is 17.8. The van der Waals surface area contributed by atoms with Gasteiger partial charge in [0.15, 0.2) is 6.29 Å². The lowest BCUT2D eigenvalue weighted by Crippen LogP contribution is -2.60. The Morgan fingerprint density at radius 1 is 0.402 bits per heavy atom. The van der Waals surface area contributed by atoms with E-state index in [9.17, 15) is 35.1 Å². The smallest absolute Gasteiger partial charge is 0.305 e. The molecule has 11 heteroatoms. The van der Waals surface area contributed by atoms with Gasteiger partial charge in [-0.1, -0.05) is 325 Å². The van der Waals surface area contributed by atoms with Crippen molar-refractivity contribution in [1.29, 1.82) is 0 Å². The van der Waals surface area contributed by atoms with Crippen LogP contribution in [0.4, 0.5) is 0 Å². The lowest BCUT2D eigenvalue weighted by Gasteiger charge is -2.40. The summed E-state index contributed by atoms with van der Waals surface area (Å²) in [5.41, 5.74) is 0. The van der Waals surface area contributed by atoms with E-state index in [1.165, 1.54) is 289 Å². The predicted octanol–water partition coefficient (Wildman–Crippen LogP) is 21.2. The second kappa shape index (κ2) is 69.7. The molecule has 0 aliphatic carbocycles. The van der Waals surface area contributed by atoms with E-state index >= 15 is 0 Å². The van der Waals surface area contributed by atoms with Crippen LogP contribution >= 0.6 is 0 Å². The molecule has 0 bridgehead atoms. The van der Waals surface area contributed by atoms with Crippen LogP contribution in [0.25, 0.3) is 0 Å². The lowest BCUT2D eigenvalue weighted by molar-refractivity contribution is -0.302. The molecule has 1 heterocycles. The minimum absolute atomic E-state index is 0.00662. The Labute approximate surface area is 567 Å². The van der Waals surface area contributed by atoms with Gasteiger partial charge in [-0.2, -0.15) is 0 Å². The number of hydrogen-bond donors (Lipinski definition) is 6. The number of hydrogen-bond acceptors (Lipinski definition) is 10. The summed E-state index contributed by atoms with van der Waals surface area (Å²) in [5.74, 6) is -0.183. The molecule has 0 aromatic heterocycles. The van der Waals surface area contributed by atoms with Gasteiger partial charge < -0.3 is 45.1 Å². The van der Waals surface area contributed by atoms with Crippen LogP contribution in [-0.4, -0.2) is 100 Å². The summed E-state index contributed by atoms with van der Waals surface area (Å²) < 4.78 is 16.7. The fraction of sp³-hybridized carbons (Fsp3) is 0.852. The molecule has 1 fully saturated rings. The van der Waals surface area contributed by atoms with Crippen LogP contribution in [0.2, 0.25) is 0 Å². The van der Waals surface area contributed by atoms with Gasteiger partial charge in [0, 0.05) is 12.8 Å². The summed E-state index contributed by atoms with van der Waals surface area (Å²) in [5, 5.41) is 54.4. The van der Waals surface area contributed by atoms with Gasteiger partial charge in [-0.15, -0.1) is 0 Å². The monoisotopic (exact) mass is 1300 g/mol. The molecule has 538 valence electrons. The molecule has 0 spiro atoms. The number of nitrogens with one attached hydrogen (secondary N) is 1. The van der Waals surface area contributed by atoms with E-state index in [4.69, 9.17) is 14.2 Å². The third-order valence-electron chi connectivity index (χ3n) is 18.6. The third-order valence-corrected chi connectivity index (χ3v) is 18.6. The first-order chi connectivity index (χ1) is 45.2. The van der Waals surface area contributed by atoms with E-state index in [1.807, 2.05) is 6.08 Å². The second-order valence-electron chi connectivity index (χ2n) is 27.4. The summed E-state index contributed by atoms with van der Waals surface area (Å²) in [4.78, 5) is 25.1. The average Bonchev–Trinajstić information content (AvgIpc) is 0.959. The van der Waals surface area contributed by atoms with Crippen molar-refractivity contribution in [1.82, 2.24) is 5.32 Å². The quantitative estimate of drug-likeness (QED) is 0.0195. The van der Waals surface area contributed by atoms with Gasteiger partial charge >= 0.3 is 5.97 Å². The molecule has 0 aromatic rings. The van der Waals surface area contributed by atoms with Gasteiger partial charge in [-0.3, -0.25) is 9.59 Å². The molecule has 1 rings (SSSR count). The number of ether oxygens (including phenoxy) is 3. The maximum Gasteiger partial charge on any atom is 0.305 e. The number of esters is 1. The molecular formula is C81H149NO10. The number of amides is 1. The van der Waals surface area contributed by atoms with Gasteiger partial charge in [0.25, 0.3) is 0 Å². The van der Waals surface area contributed by atoms with Gasteiger partial charge in [-0.05, 0) is 103 Å². The van der Waals surface area contributed by atoms with Gasteiger partial charge in [-0.25, -0.2) is 0 Å². The molecule has 0 radical (unpaired) electrons. The van der Waals surface area contributed by atoms with Crippen LogP contribution in [0.1, 0.15) is 380 Å². The zero-order valence-electron chi connectivity index (χ0n) is 60.0. The van der Waals surface area contributed by atoms with Crippen LogP contribution in [-0.2, 0) is 23.8 Å². The molecule has 1 aliphatic rings. The number of unbranched alkanes of at least 4 members (excludes halogenated alkanes) is 48. The van der Waals surface area contributed by atoms with Gasteiger partial charge in [0.2, 0.25) is 5.91 Å².